The largest absolute Gasteiger partial charge is 0.503 e. The van der Waals surface area contributed by atoms with Crippen molar-refractivity contribution in [2.75, 3.05) is 7.11 Å². The normalized spacial score (nSPS) is 11.8. The van der Waals surface area contributed by atoms with Crippen LogP contribution in [0.25, 0.3) is 6.08 Å². The van der Waals surface area contributed by atoms with Crippen LogP contribution in [-0.4, -0.2) is 18.0 Å². The van der Waals surface area contributed by atoms with Crippen LogP contribution in [-0.2, 0) is 5.41 Å². The van der Waals surface area contributed by atoms with Crippen molar-refractivity contribution < 1.29 is 14.6 Å². The molecule has 1 N–H and O–H groups in total. The van der Waals surface area contributed by atoms with Crippen molar-refractivity contribution in [1.82, 2.24) is 0 Å². The van der Waals surface area contributed by atoms with E-state index in [-0.39, 0.29) is 33.3 Å². The fraction of sp³-hybridized carbons (Fsp3) is 0.238. The Balaban J connectivity index is 2.39. The van der Waals surface area contributed by atoms with E-state index < -0.39 is 0 Å². The monoisotopic (exact) mass is 369 g/mol. The Bertz CT molecular complexity index is 901. The molecule has 0 bridgehead atoms. The maximum atomic E-state index is 12.6. The molecular weight excluding hydrogens is 350 g/mol. The van der Waals surface area contributed by atoms with E-state index >= 15 is 0 Å². The number of nitriles is 1. The Morgan fingerprint density at radius 2 is 1.85 bits per heavy atom. The summed E-state index contributed by atoms with van der Waals surface area (Å²) in [7, 11) is 1.39. The van der Waals surface area contributed by atoms with Gasteiger partial charge in [-0.3, -0.25) is 4.79 Å². The first-order valence-corrected chi connectivity index (χ1v) is 8.38. The lowest BCUT2D eigenvalue weighted by atomic mass is 9.86. The summed E-state index contributed by atoms with van der Waals surface area (Å²) < 4.78 is 5.04. The first-order chi connectivity index (χ1) is 12.2. The third-order valence-electron chi connectivity index (χ3n) is 3.96. The van der Waals surface area contributed by atoms with Crippen LogP contribution in [0.1, 0.15) is 42.3 Å². The van der Waals surface area contributed by atoms with E-state index in [1.807, 2.05) is 18.2 Å². The van der Waals surface area contributed by atoms with Gasteiger partial charge < -0.3 is 9.84 Å². The second kappa shape index (κ2) is 7.63. The number of allylic oxidation sites excluding steroid dienone is 1. The first-order valence-electron chi connectivity index (χ1n) is 8.01. The molecule has 0 saturated heterocycles. The number of carbonyl (C=O) groups is 1. The molecule has 0 aliphatic rings. The minimum absolute atomic E-state index is 0.0190. The molecule has 0 spiro atoms. The lowest BCUT2D eigenvalue weighted by Crippen LogP contribution is -2.11. The quantitative estimate of drug-likeness (QED) is 0.460. The number of hydrogen-bond acceptors (Lipinski definition) is 4. The second-order valence-corrected chi connectivity index (χ2v) is 7.29. The van der Waals surface area contributed by atoms with Crippen molar-refractivity contribution in [2.24, 2.45) is 0 Å². The van der Waals surface area contributed by atoms with E-state index in [0.29, 0.717) is 11.1 Å². The summed E-state index contributed by atoms with van der Waals surface area (Å²) in [6.45, 7) is 6.27. The summed E-state index contributed by atoms with van der Waals surface area (Å²) in [5, 5.41) is 19.3. The number of phenols is 1. The third kappa shape index (κ3) is 4.25. The summed E-state index contributed by atoms with van der Waals surface area (Å²) in [6.07, 6.45) is 1.42. The number of benzene rings is 2. The van der Waals surface area contributed by atoms with Crippen LogP contribution < -0.4 is 4.74 Å². The zero-order valence-corrected chi connectivity index (χ0v) is 15.9. The third-order valence-corrected chi connectivity index (χ3v) is 4.25. The van der Waals surface area contributed by atoms with Gasteiger partial charge in [-0.05, 0) is 34.8 Å². The number of phenolic OH excluding ortho intramolecular Hbond substituents is 1. The summed E-state index contributed by atoms with van der Waals surface area (Å²) in [5.74, 6) is -0.395. The highest BCUT2D eigenvalue weighted by atomic mass is 35.5. The van der Waals surface area contributed by atoms with Gasteiger partial charge in [0.25, 0.3) is 0 Å². The minimum Gasteiger partial charge on any atom is -0.503 e. The predicted molar refractivity (Wildman–Crippen MR) is 103 cm³/mol. The average Bonchev–Trinajstić information content (AvgIpc) is 2.61. The molecule has 26 heavy (non-hydrogen) atoms. The van der Waals surface area contributed by atoms with E-state index in [9.17, 15) is 15.2 Å². The molecule has 0 aromatic heterocycles. The molecular formula is C21H20ClNO3. The van der Waals surface area contributed by atoms with Crippen molar-refractivity contribution in [3.05, 3.63) is 63.7 Å². The topological polar surface area (TPSA) is 70.3 Å². The van der Waals surface area contributed by atoms with Crippen molar-refractivity contribution in [3.8, 4) is 17.6 Å². The molecule has 2 aromatic rings. The number of hydrogen-bond donors (Lipinski definition) is 1. The van der Waals surface area contributed by atoms with Gasteiger partial charge in [0.2, 0.25) is 5.78 Å². The Hall–Kier alpha value is -2.77. The van der Waals surface area contributed by atoms with Crippen molar-refractivity contribution in [2.45, 2.75) is 26.2 Å². The molecule has 4 nitrogen and oxygen atoms in total. The van der Waals surface area contributed by atoms with Gasteiger partial charge in [0, 0.05) is 5.56 Å². The Kier molecular flexibility index (Phi) is 5.74. The van der Waals surface area contributed by atoms with Gasteiger partial charge in [0.1, 0.15) is 11.6 Å². The molecule has 0 heterocycles. The molecule has 0 unspecified atom stereocenters. The van der Waals surface area contributed by atoms with Gasteiger partial charge in [0.05, 0.1) is 12.1 Å². The average molecular weight is 370 g/mol. The molecule has 0 radical (unpaired) electrons. The van der Waals surface area contributed by atoms with E-state index in [2.05, 4.69) is 20.8 Å². The maximum absolute atomic E-state index is 12.6. The standard InChI is InChI=1S/C21H20ClNO3/c1-21(2,3)16-7-5-14(6-8-16)19(24)15(12-23)9-13-10-17(22)20(25)18(11-13)26-4/h5-11,25H,1-4H3/b15-9+. The Morgan fingerprint density at radius 1 is 1.23 bits per heavy atom. The van der Waals surface area contributed by atoms with Gasteiger partial charge in [-0.1, -0.05) is 56.6 Å². The summed E-state index contributed by atoms with van der Waals surface area (Å²) in [4.78, 5) is 12.6. The molecule has 2 rings (SSSR count). The number of ketones is 1. The number of ether oxygens (including phenoxy) is 1. The summed E-state index contributed by atoms with van der Waals surface area (Å²) in [6, 6.07) is 12.1. The van der Waals surface area contributed by atoms with Crippen molar-refractivity contribution in [3.63, 3.8) is 0 Å². The zero-order valence-electron chi connectivity index (χ0n) is 15.1. The first kappa shape index (κ1) is 19.6. The van der Waals surface area contributed by atoms with Gasteiger partial charge in [-0.25, -0.2) is 0 Å². The molecule has 0 aliphatic heterocycles. The van der Waals surface area contributed by atoms with Crippen LogP contribution in [0.5, 0.6) is 11.5 Å². The number of Topliss-reactive ketones (excluding diaryl/α,β-unsaturated/α-hetero) is 1. The number of rotatable bonds is 4. The van der Waals surface area contributed by atoms with Crippen LogP contribution in [0.15, 0.2) is 42.0 Å². The molecule has 134 valence electrons. The summed E-state index contributed by atoms with van der Waals surface area (Å²) in [5.41, 5.74) is 1.97. The van der Waals surface area contributed by atoms with Gasteiger partial charge >= 0.3 is 0 Å². The van der Waals surface area contributed by atoms with Crippen molar-refractivity contribution in [1.29, 1.82) is 5.26 Å². The second-order valence-electron chi connectivity index (χ2n) is 6.88. The van der Waals surface area contributed by atoms with Crippen LogP contribution in [0.3, 0.4) is 0 Å². The van der Waals surface area contributed by atoms with Gasteiger partial charge in [-0.2, -0.15) is 5.26 Å². The molecule has 0 atom stereocenters. The van der Waals surface area contributed by atoms with Crippen LogP contribution in [0, 0.1) is 11.3 Å². The van der Waals surface area contributed by atoms with Crippen LogP contribution in [0.4, 0.5) is 0 Å². The summed E-state index contributed by atoms with van der Waals surface area (Å²) >= 11 is 5.95. The molecule has 2 aromatic carbocycles. The zero-order chi connectivity index (χ0) is 19.5. The van der Waals surface area contributed by atoms with E-state index in [4.69, 9.17) is 16.3 Å². The predicted octanol–water partition coefficient (Wildman–Crippen LogP) is 5.14. The molecule has 0 aliphatic carbocycles. The van der Waals surface area contributed by atoms with E-state index in [0.717, 1.165) is 5.56 Å². The number of halogens is 1. The highest BCUT2D eigenvalue weighted by Gasteiger charge is 2.17. The Labute approximate surface area is 158 Å². The number of methoxy groups -OCH3 is 1. The van der Waals surface area contributed by atoms with Crippen molar-refractivity contribution >= 4 is 23.5 Å². The minimum atomic E-state index is -0.379. The number of nitrogens with zero attached hydrogens (tertiary/aromatic N) is 1. The SMILES string of the molecule is COc1cc(/C=C(\C#N)C(=O)c2ccc(C(C)(C)C)cc2)cc(Cl)c1O. The Morgan fingerprint density at radius 3 is 2.35 bits per heavy atom. The lowest BCUT2D eigenvalue weighted by molar-refractivity contribution is 0.104. The fourth-order valence-corrected chi connectivity index (χ4v) is 2.64. The fourth-order valence-electron chi connectivity index (χ4n) is 2.43. The molecule has 0 amide bonds. The molecule has 0 fully saturated rings. The number of aromatic hydroxyl groups is 1. The number of carbonyl (C=O) groups excluding carboxylic acids is 1. The lowest BCUT2D eigenvalue weighted by Gasteiger charge is -2.18. The smallest absolute Gasteiger partial charge is 0.203 e. The van der Waals surface area contributed by atoms with E-state index in [1.165, 1.54) is 25.3 Å². The van der Waals surface area contributed by atoms with Crippen LogP contribution >= 0.6 is 11.6 Å². The van der Waals surface area contributed by atoms with Gasteiger partial charge in [-0.15, -0.1) is 0 Å². The highest BCUT2D eigenvalue weighted by molar-refractivity contribution is 6.32. The van der Waals surface area contributed by atoms with Crippen LogP contribution in [0.2, 0.25) is 5.02 Å². The maximum Gasteiger partial charge on any atom is 0.203 e. The molecule has 0 saturated carbocycles. The highest BCUT2D eigenvalue weighted by Crippen LogP contribution is 2.35. The molecule has 5 heteroatoms. The van der Waals surface area contributed by atoms with Gasteiger partial charge in [0.15, 0.2) is 11.5 Å². The van der Waals surface area contributed by atoms with E-state index in [1.54, 1.807) is 12.1 Å².